The van der Waals surface area contributed by atoms with E-state index < -0.39 is 22.9 Å². The first-order chi connectivity index (χ1) is 13.0. The molecule has 3 saturated heterocycles. The molecular weight excluding hydrogens is 391 g/mol. The maximum Gasteiger partial charge on any atom is 0.335 e. The van der Waals surface area contributed by atoms with E-state index in [4.69, 9.17) is 27.2 Å². The summed E-state index contributed by atoms with van der Waals surface area (Å²) in [4.78, 5) is 0. The van der Waals surface area contributed by atoms with Gasteiger partial charge in [0.25, 0.3) is 0 Å². The highest BCUT2D eigenvalue weighted by Gasteiger charge is 2.66. The van der Waals surface area contributed by atoms with Gasteiger partial charge in [0, 0.05) is 0 Å². The first kappa shape index (κ1) is 22.9. The molecule has 0 aromatic rings. The zero-order chi connectivity index (χ0) is 20.9. The Balaban J connectivity index is 2.09. The van der Waals surface area contributed by atoms with Gasteiger partial charge < -0.3 is 27.2 Å². The minimum Gasteiger partial charge on any atom is -0.414 e. The Kier molecular flexibility index (Phi) is 6.61. The molecule has 0 aliphatic carbocycles. The molecule has 0 radical (unpaired) electrons. The van der Waals surface area contributed by atoms with Crippen LogP contribution in [0.4, 0.5) is 0 Å². The molecule has 3 aliphatic heterocycles. The molecule has 1 spiro atoms. The van der Waals surface area contributed by atoms with Gasteiger partial charge in [-0.25, -0.2) is 0 Å². The minimum absolute atomic E-state index is 0.202. The first-order valence-electron chi connectivity index (χ1n) is 11.0. The van der Waals surface area contributed by atoms with E-state index in [2.05, 4.69) is 55.4 Å². The van der Waals surface area contributed by atoms with Gasteiger partial charge in [0.05, 0.1) is 25.8 Å². The van der Waals surface area contributed by atoms with Crippen LogP contribution >= 0.6 is 0 Å². The summed E-state index contributed by atoms with van der Waals surface area (Å²) in [5.41, 5.74) is 1.19. The molecule has 3 aliphatic rings. The van der Waals surface area contributed by atoms with E-state index in [1.54, 1.807) is 0 Å². The van der Waals surface area contributed by atoms with Crippen molar-refractivity contribution < 1.29 is 27.2 Å². The summed E-state index contributed by atoms with van der Waals surface area (Å²) < 4.78 is 39.7. The number of fused-ring (bicyclic) bond motifs is 2. The van der Waals surface area contributed by atoms with Crippen LogP contribution in [-0.2, 0) is 27.2 Å². The molecule has 0 bridgehead atoms. The average Bonchev–Trinajstić information content (AvgIpc) is 3.15. The number of ether oxygens (including phenoxy) is 3. The molecule has 0 aromatic carbocycles. The normalized spacial score (nSPS) is 34.4. The maximum absolute atomic E-state index is 7.23. The van der Waals surface area contributed by atoms with Gasteiger partial charge in [-0.05, 0) is 22.2 Å². The van der Waals surface area contributed by atoms with E-state index in [0.717, 1.165) is 0 Å². The Morgan fingerprint density at radius 1 is 0.821 bits per heavy atom. The van der Waals surface area contributed by atoms with E-state index in [1.165, 1.54) is 0 Å². The van der Waals surface area contributed by atoms with Crippen LogP contribution in [-0.4, -0.2) is 68.8 Å². The Bertz CT molecular complexity index is 537. The zero-order valence-electron chi connectivity index (χ0n) is 19.1. The van der Waals surface area contributed by atoms with E-state index >= 15 is 0 Å². The summed E-state index contributed by atoms with van der Waals surface area (Å²) in [6.45, 7) is 19.4. The fourth-order valence-corrected chi connectivity index (χ4v) is 16.4. The summed E-state index contributed by atoms with van der Waals surface area (Å²) in [6.07, 6.45) is -0.529. The molecule has 0 aromatic heterocycles. The lowest BCUT2D eigenvalue weighted by Crippen LogP contribution is -2.67. The Morgan fingerprint density at radius 2 is 1.32 bits per heavy atom. The lowest BCUT2D eigenvalue weighted by atomic mass is 9.89. The van der Waals surface area contributed by atoms with E-state index in [-0.39, 0.29) is 29.3 Å². The van der Waals surface area contributed by atoms with Crippen LogP contribution in [0.2, 0.25) is 22.2 Å². The standard InChI is InChI=1S/C19H39BO6Si2/c1-12(2)27(13(3)4)23-11-16-17(19(18(20)24-16)21-9-10-22-19)25-28(26-27,14(5)6)15(7)8/h12-18H,9-11,20H2,1-8H3/t16?,17-,18?/m1/s1. The predicted molar refractivity (Wildman–Crippen MR) is 116 cm³/mol. The third kappa shape index (κ3) is 3.39. The number of hydrogen-bond acceptors (Lipinski definition) is 6. The summed E-state index contributed by atoms with van der Waals surface area (Å²) in [5, 5.41) is 0. The molecule has 3 fully saturated rings. The van der Waals surface area contributed by atoms with Crippen molar-refractivity contribution >= 4 is 25.0 Å². The lowest BCUT2D eigenvalue weighted by molar-refractivity contribution is -0.209. The van der Waals surface area contributed by atoms with Gasteiger partial charge in [-0.1, -0.05) is 55.4 Å². The van der Waals surface area contributed by atoms with Crippen LogP contribution in [0.5, 0.6) is 0 Å². The van der Waals surface area contributed by atoms with Crippen LogP contribution < -0.4 is 0 Å². The van der Waals surface area contributed by atoms with Crippen molar-refractivity contribution in [1.82, 2.24) is 0 Å². The third-order valence-electron chi connectivity index (χ3n) is 6.74. The number of hydrogen-bond donors (Lipinski definition) is 0. The van der Waals surface area contributed by atoms with Crippen molar-refractivity contribution in [3.8, 4) is 0 Å². The highest BCUT2D eigenvalue weighted by Crippen LogP contribution is 2.50. The van der Waals surface area contributed by atoms with Gasteiger partial charge in [0.2, 0.25) is 5.79 Å². The van der Waals surface area contributed by atoms with Crippen LogP contribution in [0.25, 0.3) is 0 Å². The largest absolute Gasteiger partial charge is 0.414 e. The van der Waals surface area contributed by atoms with Crippen molar-refractivity contribution in [2.75, 3.05) is 19.8 Å². The molecule has 3 heterocycles. The highest BCUT2D eigenvalue weighted by molar-refractivity contribution is 6.84. The summed E-state index contributed by atoms with van der Waals surface area (Å²) in [6, 6.07) is -0.202. The van der Waals surface area contributed by atoms with Crippen molar-refractivity contribution in [3.05, 3.63) is 0 Å². The molecular formula is C19H39BO6Si2. The highest BCUT2D eigenvalue weighted by atomic mass is 28.5. The zero-order valence-corrected chi connectivity index (χ0v) is 21.1. The Labute approximate surface area is 173 Å². The molecule has 162 valence electrons. The van der Waals surface area contributed by atoms with Crippen LogP contribution in [0.1, 0.15) is 55.4 Å². The molecule has 0 N–H and O–H groups in total. The molecule has 3 atom stereocenters. The van der Waals surface area contributed by atoms with Crippen molar-refractivity contribution in [2.45, 2.75) is 102 Å². The van der Waals surface area contributed by atoms with E-state index in [1.807, 2.05) is 7.85 Å². The van der Waals surface area contributed by atoms with E-state index in [0.29, 0.717) is 30.9 Å². The van der Waals surface area contributed by atoms with Gasteiger partial charge in [0.1, 0.15) is 20.1 Å². The number of rotatable bonds is 4. The summed E-state index contributed by atoms with van der Waals surface area (Å²) >= 11 is 0. The predicted octanol–water partition coefficient (Wildman–Crippen LogP) is 3.04. The van der Waals surface area contributed by atoms with Crippen LogP contribution in [0.15, 0.2) is 0 Å². The van der Waals surface area contributed by atoms with Crippen molar-refractivity contribution in [1.29, 1.82) is 0 Å². The fourth-order valence-electron chi connectivity index (χ4n) is 5.17. The quantitative estimate of drug-likeness (QED) is 0.639. The van der Waals surface area contributed by atoms with E-state index in [9.17, 15) is 0 Å². The smallest absolute Gasteiger partial charge is 0.335 e. The Morgan fingerprint density at radius 3 is 1.79 bits per heavy atom. The van der Waals surface area contributed by atoms with Crippen molar-refractivity contribution in [3.63, 3.8) is 0 Å². The molecule has 2 unspecified atom stereocenters. The molecule has 3 rings (SSSR count). The van der Waals surface area contributed by atoms with Crippen molar-refractivity contribution in [2.24, 2.45) is 0 Å². The second-order valence-corrected chi connectivity index (χ2v) is 18.6. The van der Waals surface area contributed by atoms with Gasteiger partial charge in [-0.15, -0.1) is 0 Å². The minimum atomic E-state index is -2.69. The second-order valence-electron chi connectivity index (χ2n) is 9.75. The van der Waals surface area contributed by atoms with Gasteiger partial charge in [-0.3, -0.25) is 0 Å². The second kappa shape index (κ2) is 8.07. The first-order valence-corrected chi connectivity index (χ1v) is 14.9. The third-order valence-corrected chi connectivity index (χ3v) is 17.0. The van der Waals surface area contributed by atoms with Gasteiger partial charge in [-0.2, -0.15) is 0 Å². The summed E-state index contributed by atoms with van der Waals surface area (Å²) in [7, 11) is -3.21. The van der Waals surface area contributed by atoms with Gasteiger partial charge >= 0.3 is 17.1 Å². The molecule has 9 heteroatoms. The van der Waals surface area contributed by atoms with Crippen LogP contribution in [0, 0.1) is 0 Å². The molecule has 28 heavy (non-hydrogen) atoms. The molecule has 0 saturated carbocycles. The maximum atomic E-state index is 7.23. The fraction of sp³-hybridized carbons (Fsp3) is 1.00. The monoisotopic (exact) mass is 430 g/mol. The SMILES string of the molecule is BC1OC2CO[Si](C(C)C)(C(C)C)O[Si](C(C)C)(C(C)C)O[C@H]2C12OCCO2. The average molecular weight is 430 g/mol. The molecule has 6 nitrogen and oxygen atoms in total. The topological polar surface area (TPSA) is 55.4 Å². The Hall–Kier alpha value is 0.259. The van der Waals surface area contributed by atoms with Gasteiger partial charge in [0.15, 0.2) is 0 Å². The summed E-state index contributed by atoms with van der Waals surface area (Å²) in [5.74, 6) is -0.851. The molecule has 0 amide bonds. The van der Waals surface area contributed by atoms with Crippen LogP contribution in [0.3, 0.4) is 0 Å². The lowest BCUT2D eigenvalue weighted by Gasteiger charge is -2.52.